The van der Waals surface area contributed by atoms with Gasteiger partial charge in [-0.25, -0.2) is 0 Å². The molecule has 136 valence electrons. The van der Waals surface area contributed by atoms with E-state index in [2.05, 4.69) is 59.8 Å². The lowest BCUT2D eigenvalue weighted by atomic mass is 10.0. The van der Waals surface area contributed by atoms with Gasteiger partial charge >= 0.3 is 0 Å². The first-order valence-electron chi connectivity index (χ1n) is 9.28. The Morgan fingerprint density at radius 1 is 1.04 bits per heavy atom. The maximum absolute atomic E-state index is 5.62. The van der Waals surface area contributed by atoms with Crippen LogP contribution >= 0.6 is 0 Å². The van der Waals surface area contributed by atoms with Crippen LogP contribution in [0.4, 0.5) is 0 Å². The Morgan fingerprint density at radius 2 is 1.76 bits per heavy atom. The quantitative estimate of drug-likeness (QED) is 0.800. The molecule has 1 unspecified atom stereocenters. The molecule has 0 spiro atoms. The first-order chi connectivity index (χ1) is 12.1. The fourth-order valence-electron chi connectivity index (χ4n) is 3.95. The molecular formula is C21H31N3O. The Morgan fingerprint density at radius 3 is 2.44 bits per heavy atom. The van der Waals surface area contributed by atoms with E-state index in [-0.39, 0.29) is 6.04 Å². The normalized spacial score (nSPS) is 17.0. The van der Waals surface area contributed by atoms with E-state index in [1.165, 1.54) is 49.3 Å². The highest BCUT2D eigenvalue weighted by Gasteiger charge is 2.24. The van der Waals surface area contributed by atoms with Crippen LogP contribution < -0.4 is 4.74 Å². The molecule has 0 N–H and O–H groups in total. The summed E-state index contributed by atoms with van der Waals surface area (Å²) in [6.07, 6.45) is 4.04. The van der Waals surface area contributed by atoms with E-state index in [0.717, 1.165) is 12.3 Å². The van der Waals surface area contributed by atoms with Gasteiger partial charge in [0.1, 0.15) is 5.75 Å². The minimum atomic E-state index is 0.177. The molecular weight excluding hydrogens is 310 g/mol. The first-order valence-corrected chi connectivity index (χ1v) is 9.28. The minimum Gasteiger partial charge on any atom is -0.496 e. The molecule has 0 bridgehead atoms. The number of hydrogen-bond donors (Lipinski definition) is 0. The number of piperidine rings is 1. The van der Waals surface area contributed by atoms with E-state index in [1.807, 2.05) is 12.1 Å². The summed E-state index contributed by atoms with van der Waals surface area (Å²) in [7, 11) is 8.21. The summed E-state index contributed by atoms with van der Waals surface area (Å²) in [5.74, 6) is 0.944. The number of nitrogens with zero attached hydrogens (tertiary/aromatic N) is 3. The summed E-state index contributed by atoms with van der Waals surface area (Å²) in [6, 6.07) is 13.1. The Hall–Kier alpha value is -1.78. The summed E-state index contributed by atoms with van der Waals surface area (Å²) < 4.78 is 7.99. The van der Waals surface area contributed by atoms with E-state index in [4.69, 9.17) is 4.74 Å². The average Bonchev–Trinajstić information content (AvgIpc) is 2.97. The predicted octanol–water partition coefficient (Wildman–Crippen LogP) is 3.67. The summed E-state index contributed by atoms with van der Waals surface area (Å²) >= 11 is 0. The molecule has 1 aromatic carbocycles. The summed E-state index contributed by atoms with van der Waals surface area (Å²) in [6.45, 7) is 3.50. The molecule has 2 heterocycles. The number of ether oxygens (including phenoxy) is 1. The van der Waals surface area contributed by atoms with Crippen LogP contribution in [-0.2, 0) is 13.6 Å². The number of benzene rings is 1. The van der Waals surface area contributed by atoms with Crippen molar-refractivity contribution >= 4 is 0 Å². The van der Waals surface area contributed by atoms with Crippen LogP contribution in [0.2, 0.25) is 0 Å². The highest BCUT2D eigenvalue weighted by molar-refractivity contribution is 5.41. The van der Waals surface area contributed by atoms with Crippen molar-refractivity contribution in [2.24, 2.45) is 7.05 Å². The van der Waals surface area contributed by atoms with Gasteiger partial charge in [0, 0.05) is 30.5 Å². The fourth-order valence-corrected chi connectivity index (χ4v) is 3.95. The SMILES string of the molecule is COc1ccccc1C(c1ccc(CN2CCCCC2)n1C)N(C)C. The third-order valence-corrected chi connectivity index (χ3v) is 5.33. The van der Waals surface area contributed by atoms with Crippen molar-refractivity contribution in [2.75, 3.05) is 34.3 Å². The molecule has 4 nitrogen and oxygen atoms in total. The Kier molecular flexibility index (Phi) is 5.82. The van der Waals surface area contributed by atoms with E-state index in [9.17, 15) is 0 Å². The van der Waals surface area contributed by atoms with Gasteiger partial charge in [0.15, 0.2) is 0 Å². The van der Waals surface area contributed by atoms with Crippen LogP contribution in [0.1, 0.15) is 42.3 Å². The van der Waals surface area contributed by atoms with Crippen molar-refractivity contribution in [1.82, 2.24) is 14.4 Å². The fraction of sp³-hybridized carbons (Fsp3) is 0.524. The second-order valence-electron chi connectivity index (χ2n) is 7.25. The van der Waals surface area contributed by atoms with Crippen LogP contribution in [0, 0.1) is 0 Å². The number of hydrogen-bond acceptors (Lipinski definition) is 3. The van der Waals surface area contributed by atoms with Crippen LogP contribution in [0.5, 0.6) is 5.75 Å². The van der Waals surface area contributed by atoms with Crippen molar-refractivity contribution < 1.29 is 4.74 Å². The predicted molar refractivity (Wildman–Crippen MR) is 103 cm³/mol. The molecule has 1 aromatic heterocycles. The lowest BCUT2D eigenvalue weighted by Gasteiger charge is -2.29. The van der Waals surface area contributed by atoms with Crippen molar-refractivity contribution in [3.8, 4) is 5.75 Å². The monoisotopic (exact) mass is 341 g/mol. The van der Waals surface area contributed by atoms with Crippen molar-refractivity contribution in [3.05, 3.63) is 53.3 Å². The van der Waals surface area contributed by atoms with Gasteiger partial charge < -0.3 is 9.30 Å². The van der Waals surface area contributed by atoms with Gasteiger partial charge in [-0.05, 0) is 58.2 Å². The number of aromatic nitrogens is 1. The van der Waals surface area contributed by atoms with Crippen molar-refractivity contribution in [1.29, 1.82) is 0 Å². The Bertz CT molecular complexity index is 686. The third kappa shape index (κ3) is 3.91. The van der Waals surface area contributed by atoms with Gasteiger partial charge in [-0.15, -0.1) is 0 Å². The molecule has 25 heavy (non-hydrogen) atoms. The molecule has 0 radical (unpaired) electrons. The van der Waals surface area contributed by atoms with Crippen molar-refractivity contribution in [3.63, 3.8) is 0 Å². The topological polar surface area (TPSA) is 20.6 Å². The second-order valence-corrected chi connectivity index (χ2v) is 7.25. The molecule has 1 saturated heterocycles. The number of methoxy groups -OCH3 is 1. The van der Waals surface area contributed by atoms with Crippen LogP contribution in [0.15, 0.2) is 36.4 Å². The lowest BCUT2D eigenvalue weighted by Crippen LogP contribution is -2.30. The summed E-state index contributed by atoms with van der Waals surface area (Å²) in [5.41, 5.74) is 3.90. The van der Waals surface area contributed by atoms with Crippen LogP contribution in [0.3, 0.4) is 0 Å². The van der Waals surface area contributed by atoms with Gasteiger partial charge in [0.2, 0.25) is 0 Å². The van der Waals surface area contributed by atoms with Gasteiger partial charge in [0.25, 0.3) is 0 Å². The maximum atomic E-state index is 5.62. The molecule has 1 aliphatic heterocycles. The minimum absolute atomic E-state index is 0.177. The smallest absolute Gasteiger partial charge is 0.124 e. The zero-order valence-corrected chi connectivity index (χ0v) is 16.0. The second kappa shape index (κ2) is 8.07. The van der Waals surface area contributed by atoms with Gasteiger partial charge in [-0.1, -0.05) is 24.6 Å². The largest absolute Gasteiger partial charge is 0.496 e. The maximum Gasteiger partial charge on any atom is 0.124 e. The number of rotatable bonds is 6. The van der Waals surface area contributed by atoms with E-state index in [0.29, 0.717) is 0 Å². The lowest BCUT2D eigenvalue weighted by molar-refractivity contribution is 0.216. The first kappa shape index (κ1) is 18.0. The Balaban J connectivity index is 1.90. The van der Waals surface area contributed by atoms with E-state index < -0.39 is 0 Å². The molecule has 3 rings (SSSR count). The van der Waals surface area contributed by atoms with Crippen LogP contribution in [-0.4, -0.2) is 48.7 Å². The molecule has 1 aliphatic rings. The van der Waals surface area contributed by atoms with Gasteiger partial charge in [-0.2, -0.15) is 0 Å². The Labute approximate surface area is 152 Å². The summed E-state index contributed by atoms with van der Waals surface area (Å²) in [5, 5.41) is 0. The zero-order valence-electron chi connectivity index (χ0n) is 16.0. The molecule has 1 atom stereocenters. The molecule has 2 aromatic rings. The van der Waals surface area contributed by atoms with E-state index in [1.54, 1.807) is 7.11 Å². The molecule has 4 heteroatoms. The zero-order chi connectivity index (χ0) is 17.8. The summed E-state index contributed by atoms with van der Waals surface area (Å²) in [4.78, 5) is 4.84. The highest BCUT2D eigenvalue weighted by Crippen LogP contribution is 2.34. The van der Waals surface area contributed by atoms with Gasteiger partial charge in [-0.3, -0.25) is 9.80 Å². The van der Waals surface area contributed by atoms with E-state index >= 15 is 0 Å². The number of likely N-dealkylation sites (tertiary alicyclic amines) is 1. The molecule has 0 aliphatic carbocycles. The standard InChI is InChI=1S/C21H31N3O/c1-22(2)21(18-10-6-7-11-20(18)25-4)19-13-12-17(23(19)3)16-24-14-8-5-9-15-24/h6-7,10-13,21H,5,8-9,14-16H2,1-4H3. The average molecular weight is 341 g/mol. The molecule has 1 fully saturated rings. The third-order valence-electron chi connectivity index (χ3n) is 5.33. The number of para-hydroxylation sites is 1. The molecule has 0 saturated carbocycles. The molecule has 0 amide bonds. The van der Waals surface area contributed by atoms with Gasteiger partial charge in [0.05, 0.1) is 13.2 Å². The highest BCUT2D eigenvalue weighted by atomic mass is 16.5. The van der Waals surface area contributed by atoms with Crippen molar-refractivity contribution in [2.45, 2.75) is 31.8 Å². The van der Waals surface area contributed by atoms with Crippen LogP contribution in [0.25, 0.3) is 0 Å².